The molecule has 2 rings (SSSR count). The van der Waals surface area contributed by atoms with E-state index in [1.807, 2.05) is 65.0 Å². The number of aryl methyl sites for hydroxylation is 2. The summed E-state index contributed by atoms with van der Waals surface area (Å²) in [5, 5.41) is 3.61. The van der Waals surface area contributed by atoms with Crippen molar-refractivity contribution in [3.63, 3.8) is 0 Å². The minimum absolute atomic E-state index is 0.0836. The summed E-state index contributed by atoms with van der Waals surface area (Å²) in [5.41, 5.74) is 3.85. The second-order valence-corrected chi connectivity index (χ2v) is 9.10. The molecule has 0 aliphatic carbocycles. The third kappa shape index (κ3) is 6.90. The Labute approximate surface area is 179 Å². The molecule has 4 nitrogen and oxygen atoms in total. The maximum atomic E-state index is 13.2. The van der Waals surface area contributed by atoms with Gasteiger partial charge in [-0.25, -0.2) is 0 Å². The Bertz CT molecular complexity index is 869. The van der Waals surface area contributed by atoms with Crippen LogP contribution in [0.3, 0.4) is 0 Å². The lowest BCUT2D eigenvalue weighted by Gasteiger charge is -2.31. The number of nitrogens with zero attached hydrogens (tertiary/aromatic N) is 1. The number of nitrogens with one attached hydrogen (secondary N) is 1. The van der Waals surface area contributed by atoms with Crippen LogP contribution in [-0.4, -0.2) is 28.3 Å². The first-order valence-electron chi connectivity index (χ1n) is 9.88. The van der Waals surface area contributed by atoms with Crippen LogP contribution in [0, 0.1) is 13.8 Å². The smallest absolute Gasteiger partial charge is 0.242 e. The highest BCUT2D eigenvalue weighted by Crippen LogP contribution is 2.17. The van der Waals surface area contributed by atoms with Crippen LogP contribution in [0.2, 0.25) is 5.02 Å². The number of benzene rings is 2. The van der Waals surface area contributed by atoms with Gasteiger partial charge < -0.3 is 10.2 Å². The standard InChI is InChI=1S/C24H31ClN2O2/c1-16-7-8-20(13-17(16)2)14-22(28)27(15-19-9-11-21(25)12-10-19)18(3)23(29)26-24(4,5)6/h7-13,18H,14-15H2,1-6H3,(H,26,29). The summed E-state index contributed by atoms with van der Waals surface area (Å²) in [6.07, 6.45) is 0.252. The van der Waals surface area contributed by atoms with Gasteiger partial charge in [0.15, 0.2) is 0 Å². The highest BCUT2D eigenvalue weighted by molar-refractivity contribution is 6.30. The van der Waals surface area contributed by atoms with Crippen LogP contribution in [0.15, 0.2) is 42.5 Å². The molecule has 1 atom stereocenters. The first-order chi connectivity index (χ1) is 13.5. The number of carbonyl (C=O) groups excluding carboxylic acids is 2. The van der Waals surface area contributed by atoms with Crippen molar-refractivity contribution < 1.29 is 9.59 Å². The molecule has 0 fully saturated rings. The third-order valence-corrected chi connectivity index (χ3v) is 5.11. The van der Waals surface area contributed by atoms with Gasteiger partial charge in [0, 0.05) is 17.1 Å². The van der Waals surface area contributed by atoms with Gasteiger partial charge in [0.2, 0.25) is 11.8 Å². The van der Waals surface area contributed by atoms with E-state index >= 15 is 0 Å². The van der Waals surface area contributed by atoms with Crippen LogP contribution in [-0.2, 0) is 22.6 Å². The normalized spacial score (nSPS) is 12.4. The maximum absolute atomic E-state index is 13.2. The molecule has 1 N–H and O–H groups in total. The van der Waals surface area contributed by atoms with Crippen LogP contribution in [0.1, 0.15) is 49.9 Å². The van der Waals surface area contributed by atoms with Crippen molar-refractivity contribution in [3.8, 4) is 0 Å². The number of hydrogen-bond acceptors (Lipinski definition) is 2. The monoisotopic (exact) mass is 414 g/mol. The highest BCUT2D eigenvalue weighted by Gasteiger charge is 2.28. The molecular weight excluding hydrogens is 384 g/mol. The van der Waals surface area contributed by atoms with E-state index in [9.17, 15) is 9.59 Å². The zero-order valence-corrected chi connectivity index (χ0v) is 18.9. The summed E-state index contributed by atoms with van der Waals surface area (Å²) < 4.78 is 0. The van der Waals surface area contributed by atoms with Gasteiger partial charge in [-0.05, 0) is 75.9 Å². The Hall–Kier alpha value is -2.33. The largest absolute Gasteiger partial charge is 0.350 e. The van der Waals surface area contributed by atoms with Crippen molar-refractivity contribution in [3.05, 3.63) is 69.7 Å². The zero-order valence-electron chi connectivity index (χ0n) is 18.2. The number of amides is 2. The van der Waals surface area contributed by atoms with E-state index in [1.165, 1.54) is 5.56 Å². The lowest BCUT2D eigenvalue weighted by Crippen LogP contribution is -2.52. The molecule has 2 amide bonds. The topological polar surface area (TPSA) is 49.4 Å². The molecule has 0 bridgehead atoms. The second-order valence-electron chi connectivity index (χ2n) is 8.66. The first kappa shape index (κ1) is 23.0. The van der Waals surface area contributed by atoms with E-state index in [1.54, 1.807) is 24.0 Å². The predicted molar refractivity (Wildman–Crippen MR) is 119 cm³/mol. The Kier molecular flexibility index (Phi) is 7.48. The van der Waals surface area contributed by atoms with Crippen molar-refractivity contribution in [1.29, 1.82) is 0 Å². The fourth-order valence-electron chi connectivity index (χ4n) is 3.03. The van der Waals surface area contributed by atoms with Crippen LogP contribution in [0.4, 0.5) is 0 Å². The highest BCUT2D eigenvalue weighted by atomic mass is 35.5. The maximum Gasteiger partial charge on any atom is 0.242 e. The Balaban J connectivity index is 2.26. The van der Waals surface area contributed by atoms with Crippen LogP contribution in [0.25, 0.3) is 0 Å². The molecule has 0 saturated carbocycles. The average molecular weight is 415 g/mol. The quantitative estimate of drug-likeness (QED) is 0.735. The van der Waals surface area contributed by atoms with Gasteiger partial charge in [0.05, 0.1) is 6.42 Å². The molecule has 2 aromatic rings. The van der Waals surface area contributed by atoms with E-state index in [4.69, 9.17) is 11.6 Å². The lowest BCUT2D eigenvalue weighted by atomic mass is 10.0. The minimum atomic E-state index is -0.594. The molecule has 0 aliphatic rings. The Morgan fingerprint density at radius 1 is 1.00 bits per heavy atom. The summed E-state index contributed by atoms with van der Waals surface area (Å²) in [7, 11) is 0. The SMILES string of the molecule is Cc1ccc(CC(=O)N(Cc2ccc(Cl)cc2)C(C)C(=O)NC(C)(C)C)cc1C. The van der Waals surface area contributed by atoms with E-state index in [-0.39, 0.29) is 23.8 Å². The third-order valence-electron chi connectivity index (χ3n) is 4.86. The van der Waals surface area contributed by atoms with Crippen molar-refractivity contribution in [2.24, 2.45) is 0 Å². The van der Waals surface area contributed by atoms with Crippen molar-refractivity contribution in [2.75, 3.05) is 0 Å². The van der Waals surface area contributed by atoms with E-state index in [0.29, 0.717) is 11.6 Å². The number of halogens is 1. The first-order valence-corrected chi connectivity index (χ1v) is 10.3. The Morgan fingerprint density at radius 2 is 1.59 bits per heavy atom. The second kappa shape index (κ2) is 9.45. The molecule has 0 radical (unpaired) electrons. The van der Waals surface area contributed by atoms with Crippen molar-refractivity contribution in [2.45, 2.75) is 66.1 Å². The molecular formula is C24H31ClN2O2. The molecule has 0 heterocycles. The predicted octanol–water partition coefficient (Wildman–Crippen LogP) is 4.83. The molecule has 5 heteroatoms. The molecule has 2 aromatic carbocycles. The van der Waals surface area contributed by atoms with E-state index in [2.05, 4.69) is 5.32 Å². The lowest BCUT2D eigenvalue weighted by molar-refractivity contribution is -0.140. The molecule has 0 saturated heterocycles. The fourth-order valence-corrected chi connectivity index (χ4v) is 3.16. The van der Waals surface area contributed by atoms with Crippen molar-refractivity contribution >= 4 is 23.4 Å². The van der Waals surface area contributed by atoms with Gasteiger partial charge in [0.25, 0.3) is 0 Å². The average Bonchev–Trinajstić information content (AvgIpc) is 2.62. The van der Waals surface area contributed by atoms with E-state index in [0.717, 1.165) is 16.7 Å². The van der Waals surface area contributed by atoms with Gasteiger partial charge in [-0.3, -0.25) is 9.59 Å². The minimum Gasteiger partial charge on any atom is -0.350 e. The number of rotatable bonds is 6. The number of carbonyl (C=O) groups is 2. The van der Waals surface area contributed by atoms with Crippen LogP contribution >= 0.6 is 11.6 Å². The molecule has 0 aromatic heterocycles. The Morgan fingerprint density at radius 3 is 2.14 bits per heavy atom. The fraction of sp³-hybridized carbons (Fsp3) is 0.417. The van der Waals surface area contributed by atoms with Crippen LogP contribution < -0.4 is 5.32 Å². The van der Waals surface area contributed by atoms with Gasteiger partial charge in [-0.15, -0.1) is 0 Å². The summed E-state index contributed by atoms with van der Waals surface area (Å²) in [6, 6.07) is 12.8. The van der Waals surface area contributed by atoms with E-state index < -0.39 is 6.04 Å². The molecule has 1 unspecified atom stereocenters. The molecule has 0 spiro atoms. The molecule has 29 heavy (non-hydrogen) atoms. The van der Waals surface area contributed by atoms with Gasteiger partial charge in [-0.1, -0.05) is 41.9 Å². The molecule has 0 aliphatic heterocycles. The van der Waals surface area contributed by atoms with Gasteiger partial charge >= 0.3 is 0 Å². The summed E-state index contributed by atoms with van der Waals surface area (Å²) in [6.45, 7) is 12.0. The van der Waals surface area contributed by atoms with Gasteiger partial charge in [-0.2, -0.15) is 0 Å². The summed E-state index contributed by atoms with van der Waals surface area (Å²) in [5.74, 6) is -0.250. The summed E-state index contributed by atoms with van der Waals surface area (Å²) >= 11 is 5.99. The zero-order chi connectivity index (χ0) is 21.8. The van der Waals surface area contributed by atoms with Gasteiger partial charge in [0.1, 0.15) is 6.04 Å². The van der Waals surface area contributed by atoms with Crippen LogP contribution in [0.5, 0.6) is 0 Å². The number of hydrogen-bond donors (Lipinski definition) is 1. The van der Waals surface area contributed by atoms with Crippen molar-refractivity contribution in [1.82, 2.24) is 10.2 Å². The molecule has 156 valence electrons. The summed E-state index contributed by atoms with van der Waals surface area (Å²) in [4.78, 5) is 27.6.